The summed E-state index contributed by atoms with van der Waals surface area (Å²) in [4.78, 5) is 0. The second-order valence-electron chi connectivity index (χ2n) is 0.744. The van der Waals surface area contributed by atoms with Crippen LogP contribution in [-0.2, 0) is 4.12 Å². The molecule has 0 saturated heterocycles. The molecule has 0 fully saturated rings. The van der Waals surface area contributed by atoms with E-state index in [9.17, 15) is 0 Å². The van der Waals surface area contributed by atoms with Gasteiger partial charge in [0.25, 0.3) is 0 Å². The van der Waals surface area contributed by atoms with Crippen LogP contribution in [0.2, 0.25) is 11.3 Å². The third kappa shape index (κ3) is 6.83. The van der Waals surface area contributed by atoms with Crippen LogP contribution < -0.4 is 0 Å². The summed E-state index contributed by atoms with van der Waals surface area (Å²) < 4.78 is 5.09. The van der Waals surface area contributed by atoms with Crippen molar-refractivity contribution in [2.45, 2.75) is 11.3 Å². The maximum atomic E-state index is 5.09. The Morgan fingerprint density at radius 1 is 1.14 bits per heavy atom. The molecule has 34 valence electrons. The largest absolute Gasteiger partial charge is 0.457 e. The molecule has 0 N–H and O–H groups in total. The minimum Gasteiger partial charge on any atom is -0.457 e. The number of rotatable bonds is 4. The SMILES string of the molecule is [Si]C[Si]O[Si]C[Si]. The first-order chi connectivity index (χ1) is 3.41. The molecule has 0 rings (SSSR count). The quantitative estimate of drug-likeness (QED) is 0.388. The fraction of sp³-hybridized carbons (Fsp3) is 1.00. The van der Waals surface area contributed by atoms with Crippen LogP contribution in [0.15, 0.2) is 0 Å². The maximum Gasteiger partial charge on any atom is 0.211 e. The van der Waals surface area contributed by atoms with Gasteiger partial charge in [-0.2, -0.15) is 0 Å². The van der Waals surface area contributed by atoms with Crippen LogP contribution >= 0.6 is 0 Å². The molecule has 0 atom stereocenters. The van der Waals surface area contributed by atoms with Crippen LogP contribution in [-0.4, -0.2) is 40.0 Å². The lowest BCUT2D eigenvalue weighted by molar-refractivity contribution is 0.647. The van der Waals surface area contributed by atoms with Crippen molar-refractivity contribution in [2.24, 2.45) is 0 Å². The third-order valence-electron chi connectivity index (χ3n) is 0.289. The molecule has 0 amide bonds. The minimum atomic E-state index is 0.617. The van der Waals surface area contributed by atoms with Crippen molar-refractivity contribution < 1.29 is 4.12 Å². The monoisotopic (exact) mass is 156 g/mol. The van der Waals surface area contributed by atoms with E-state index < -0.39 is 0 Å². The maximum absolute atomic E-state index is 5.09. The summed E-state index contributed by atoms with van der Waals surface area (Å²) in [5.74, 6) is 0. The van der Waals surface area contributed by atoms with E-state index in [1.165, 1.54) is 0 Å². The molecular weight excluding hydrogens is 152 g/mol. The van der Waals surface area contributed by atoms with E-state index in [0.717, 1.165) is 11.3 Å². The van der Waals surface area contributed by atoms with Crippen molar-refractivity contribution >= 4 is 40.0 Å². The summed E-state index contributed by atoms with van der Waals surface area (Å²) in [5, 5.41) is 0. The van der Waals surface area contributed by atoms with Gasteiger partial charge in [0.15, 0.2) is 0 Å². The van der Waals surface area contributed by atoms with Gasteiger partial charge < -0.3 is 4.12 Å². The second kappa shape index (κ2) is 6.83. The van der Waals surface area contributed by atoms with Gasteiger partial charge in [0, 0.05) is 20.5 Å². The van der Waals surface area contributed by atoms with E-state index in [4.69, 9.17) is 4.12 Å². The van der Waals surface area contributed by atoms with Crippen LogP contribution in [0.5, 0.6) is 0 Å². The molecule has 0 heterocycles. The van der Waals surface area contributed by atoms with Crippen LogP contribution in [0.3, 0.4) is 0 Å². The van der Waals surface area contributed by atoms with Crippen LogP contribution in [0.1, 0.15) is 0 Å². The molecule has 1 nitrogen and oxygen atoms in total. The van der Waals surface area contributed by atoms with Gasteiger partial charge >= 0.3 is 0 Å². The van der Waals surface area contributed by atoms with Crippen molar-refractivity contribution in [1.29, 1.82) is 0 Å². The number of hydrogen-bond acceptors (Lipinski definition) is 1. The van der Waals surface area contributed by atoms with Crippen LogP contribution in [0.4, 0.5) is 0 Å². The van der Waals surface area contributed by atoms with E-state index in [1.54, 1.807) is 0 Å². The summed E-state index contributed by atoms with van der Waals surface area (Å²) in [6.45, 7) is 0. The normalized spacial score (nSPS) is 9.43. The van der Waals surface area contributed by atoms with Crippen molar-refractivity contribution in [1.82, 2.24) is 0 Å². The van der Waals surface area contributed by atoms with Crippen LogP contribution in [0.25, 0.3) is 0 Å². The molecule has 0 aromatic heterocycles. The smallest absolute Gasteiger partial charge is 0.211 e. The fourth-order valence-electron chi connectivity index (χ4n) is 0.123. The first kappa shape index (κ1) is 7.83. The van der Waals surface area contributed by atoms with E-state index in [1.807, 2.05) is 0 Å². The van der Waals surface area contributed by atoms with Gasteiger partial charge in [-0.1, -0.05) is 0 Å². The average molecular weight is 156 g/mol. The van der Waals surface area contributed by atoms with E-state index in [-0.39, 0.29) is 0 Å². The molecule has 0 spiro atoms. The predicted octanol–water partition coefficient (Wildman–Crippen LogP) is -0.670. The predicted molar refractivity (Wildman–Crippen MR) is 33.7 cm³/mol. The lowest BCUT2D eigenvalue weighted by atomic mass is 11.9. The molecule has 0 saturated carbocycles. The summed E-state index contributed by atoms with van der Waals surface area (Å²) in [6.07, 6.45) is 0. The zero-order chi connectivity index (χ0) is 5.54. The van der Waals surface area contributed by atoms with Gasteiger partial charge in [0.05, 0.1) is 0 Å². The molecule has 7 heavy (non-hydrogen) atoms. The Hall–Kier alpha value is 0.828. The molecule has 0 aromatic rings. The van der Waals surface area contributed by atoms with Crippen molar-refractivity contribution in [2.75, 3.05) is 0 Å². The van der Waals surface area contributed by atoms with Gasteiger partial charge in [-0.25, -0.2) is 0 Å². The molecule has 0 bridgehead atoms. The topological polar surface area (TPSA) is 9.23 Å². The summed E-state index contributed by atoms with van der Waals surface area (Å²) in [5.41, 5.74) is 1.92. The first-order valence-corrected chi connectivity index (χ1v) is 5.47. The van der Waals surface area contributed by atoms with E-state index >= 15 is 0 Å². The van der Waals surface area contributed by atoms with Gasteiger partial charge in [0.1, 0.15) is 0 Å². The van der Waals surface area contributed by atoms with E-state index in [0.29, 0.717) is 19.5 Å². The van der Waals surface area contributed by atoms with Crippen LogP contribution in [0, 0.1) is 0 Å². The fourth-order valence-corrected chi connectivity index (χ4v) is 2.41. The van der Waals surface area contributed by atoms with E-state index in [2.05, 4.69) is 20.5 Å². The highest BCUT2D eigenvalue weighted by Gasteiger charge is 1.84. The van der Waals surface area contributed by atoms with Gasteiger partial charge in [0.2, 0.25) is 19.5 Å². The number of hydrogen-bond donors (Lipinski definition) is 0. The Labute approximate surface area is 56.0 Å². The second-order valence-corrected chi connectivity index (χ2v) is 4.97. The van der Waals surface area contributed by atoms with Crippen molar-refractivity contribution in [3.05, 3.63) is 0 Å². The molecule has 0 aliphatic carbocycles. The average Bonchev–Trinajstić information content (AvgIpc) is 1.69. The van der Waals surface area contributed by atoms with Gasteiger partial charge in [-0.3, -0.25) is 0 Å². The Morgan fingerprint density at radius 3 is 1.86 bits per heavy atom. The lowest BCUT2D eigenvalue weighted by Gasteiger charge is -1.91. The standard InChI is InChI=1S/C2H4OSi4/c4-1-6-3-7-2-5/h1-2H2. The molecule has 0 aliphatic heterocycles. The van der Waals surface area contributed by atoms with Gasteiger partial charge in [-0.15, -0.1) is 0 Å². The van der Waals surface area contributed by atoms with Crippen molar-refractivity contribution in [3.8, 4) is 0 Å². The molecule has 0 aliphatic rings. The Bertz CT molecular complexity index is 28.9. The highest BCUT2D eigenvalue weighted by atomic mass is 28.3. The summed E-state index contributed by atoms with van der Waals surface area (Å²) in [7, 11) is 7.83. The summed E-state index contributed by atoms with van der Waals surface area (Å²) in [6, 6.07) is 0. The lowest BCUT2D eigenvalue weighted by Crippen LogP contribution is -2.02. The Kier molecular flexibility index (Phi) is 7.63. The Morgan fingerprint density at radius 2 is 1.57 bits per heavy atom. The van der Waals surface area contributed by atoms with Crippen molar-refractivity contribution in [3.63, 3.8) is 0 Å². The zero-order valence-corrected chi connectivity index (χ0v) is 7.82. The molecule has 0 unspecified atom stereocenters. The van der Waals surface area contributed by atoms with Gasteiger partial charge in [-0.05, 0) is 11.3 Å². The zero-order valence-electron chi connectivity index (χ0n) is 3.82. The highest BCUT2D eigenvalue weighted by molar-refractivity contribution is 6.52. The molecule has 5 heteroatoms. The highest BCUT2D eigenvalue weighted by Crippen LogP contribution is 1.72. The third-order valence-corrected chi connectivity index (χ3v) is 2.60. The first-order valence-electron chi connectivity index (χ1n) is 1.82. The molecular formula is C2H4OSi4. The Balaban J connectivity index is 2.45. The molecule has 0 aromatic carbocycles. The minimum absolute atomic E-state index is 0.617. The molecule has 10 radical (unpaired) electrons. The summed E-state index contributed by atoms with van der Waals surface area (Å²) >= 11 is 0.